The minimum atomic E-state index is -1.13. The molecule has 0 saturated heterocycles. The van der Waals surface area contributed by atoms with Gasteiger partial charge in [-0.05, 0) is 33.8 Å². The highest BCUT2D eigenvalue weighted by atomic mass is 16.6. The third-order valence-electron chi connectivity index (χ3n) is 1.97. The second-order valence-corrected chi connectivity index (χ2v) is 5.08. The number of allylic oxidation sites excluding steroid dienone is 1. The minimum Gasteiger partial charge on any atom is -0.444 e. The number of aliphatic hydroxyl groups excluding tert-OH is 1. The molecule has 0 rings (SSSR count). The van der Waals surface area contributed by atoms with Crippen LogP contribution in [0.2, 0.25) is 0 Å². The zero-order valence-corrected chi connectivity index (χ0v) is 11.8. The average molecular weight is 270 g/mol. The van der Waals surface area contributed by atoms with Crippen LogP contribution in [-0.2, 0) is 9.53 Å². The van der Waals surface area contributed by atoms with Crippen molar-refractivity contribution in [3.8, 4) is 0 Å². The molecule has 0 aromatic heterocycles. The van der Waals surface area contributed by atoms with Crippen LogP contribution in [0.3, 0.4) is 0 Å². The Labute approximate surface area is 113 Å². The molecule has 0 bridgehead atoms. The van der Waals surface area contributed by atoms with E-state index in [9.17, 15) is 14.7 Å². The summed E-state index contributed by atoms with van der Waals surface area (Å²) in [5.74, 6) is -0.592. The molecule has 2 unspecified atom stereocenters. The summed E-state index contributed by atoms with van der Waals surface area (Å²) in [4.78, 5) is 23.4. The number of carbonyl (C=O) groups excluding carboxylic acids is 2. The number of hydrogen-bond donors (Lipinski definition) is 3. The van der Waals surface area contributed by atoms with Gasteiger partial charge in [0.25, 0.3) is 0 Å². The lowest BCUT2D eigenvalue weighted by Crippen LogP contribution is -2.53. The molecule has 0 aliphatic heterocycles. The number of carbonyl (C=O) groups is 2. The number of aliphatic hydroxyl groups is 1. The first-order valence-corrected chi connectivity index (χ1v) is 5.86. The van der Waals surface area contributed by atoms with Crippen LogP contribution in [-0.4, -0.2) is 34.9 Å². The number of ether oxygens (including phenoxy) is 1. The molecular formula is C13H22N2O4. The van der Waals surface area contributed by atoms with Gasteiger partial charge in [-0.1, -0.05) is 13.2 Å². The molecule has 0 spiro atoms. The summed E-state index contributed by atoms with van der Waals surface area (Å²) < 4.78 is 5.02. The Kier molecular flexibility index (Phi) is 6.27. The molecule has 6 nitrogen and oxygen atoms in total. The molecule has 19 heavy (non-hydrogen) atoms. The molecule has 6 heteroatoms. The summed E-state index contributed by atoms with van der Waals surface area (Å²) in [5, 5.41) is 14.2. The summed E-state index contributed by atoms with van der Waals surface area (Å²) in [5.41, 5.74) is -0.407. The smallest absolute Gasteiger partial charge is 0.408 e. The molecule has 0 aromatic rings. The van der Waals surface area contributed by atoms with Crippen LogP contribution in [0, 0.1) is 0 Å². The van der Waals surface area contributed by atoms with Crippen LogP contribution in [0.5, 0.6) is 0 Å². The van der Waals surface area contributed by atoms with Crippen molar-refractivity contribution < 1.29 is 19.4 Å². The Balaban J connectivity index is 4.66. The Morgan fingerprint density at radius 3 is 2.26 bits per heavy atom. The first-order valence-electron chi connectivity index (χ1n) is 5.86. The highest BCUT2D eigenvalue weighted by Crippen LogP contribution is 2.07. The number of hydrogen-bond acceptors (Lipinski definition) is 4. The molecule has 0 aliphatic rings. The summed E-state index contributed by atoms with van der Waals surface area (Å²) in [6.45, 7) is 13.4. The zero-order chi connectivity index (χ0) is 15.2. The van der Waals surface area contributed by atoms with E-state index in [1.54, 1.807) is 20.8 Å². The maximum absolute atomic E-state index is 11.8. The molecule has 3 N–H and O–H groups in total. The zero-order valence-electron chi connectivity index (χ0n) is 11.8. The van der Waals surface area contributed by atoms with E-state index < -0.39 is 29.7 Å². The Morgan fingerprint density at radius 1 is 1.37 bits per heavy atom. The highest BCUT2D eigenvalue weighted by Gasteiger charge is 2.28. The van der Waals surface area contributed by atoms with Gasteiger partial charge in [0.05, 0.1) is 6.10 Å². The van der Waals surface area contributed by atoms with Gasteiger partial charge in [0, 0.05) is 5.70 Å². The monoisotopic (exact) mass is 270 g/mol. The summed E-state index contributed by atoms with van der Waals surface area (Å²) >= 11 is 0. The Hall–Kier alpha value is -1.82. The van der Waals surface area contributed by atoms with Crippen molar-refractivity contribution in [2.75, 3.05) is 0 Å². The standard InChI is InChI=1S/C13H22N2O4/c1-7-8(2)14-11(17)10(9(3)16)15-12(18)19-13(4,5)6/h7,9-10,16H,1-2H2,3-6H3,(H,14,17)(H,15,18). The van der Waals surface area contributed by atoms with Gasteiger partial charge in [-0.2, -0.15) is 0 Å². The fraction of sp³-hybridized carbons (Fsp3) is 0.538. The van der Waals surface area contributed by atoms with Crippen molar-refractivity contribution in [2.24, 2.45) is 0 Å². The molecule has 2 atom stereocenters. The average Bonchev–Trinajstić information content (AvgIpc) is 2.22. The molecule has 2 amide bonds. The normalized spacial score (nSPS) is 13.9. The van der Waals surface area contributed by atoms with Crippen molar-refractivity contribution in [1.29, 1.82) is 0 Å². The lowest BCUT2D eigenvalue weighted by Gasteiger charge is -2.24. The fourth-order valence-corrected chi connectivity index (χ4v) is 1.13. The summed E-state index contributed by atoms with van der Waals surface area (Å²) in [6.07, 6.45) is -0.507. The quantitative estimate of drug-likeness (QED) is 0.652. The van der Waals surface area contributed by atoms with Gasteiger partial charge < -0.3 is 20.5 Å². The van der Waals surface area contributed by atoms with Crippen LogP contribution in [0.4, 0.5) is 4.79 Å². The van der Waals surface area contributed by atoms with Crippen LogP contribution in [0.25, 0.3) is 0 Å². The predicted molar refractivity (Wildman–Crippen MR) is 72.3 cm³/mol. The van der Waals surface area contributed by atoms with Gasteiger partial charge >= 0.3 is 6.09 Å². The van der Waals surface area contributed by atoms with Gasteiger partial charge in [-0.3, -0.25) is 4.79 Å². The Morgan fingerprint density at radius 2 is 1.89 bits per heavy atom. The predicted octanol–water partition coefficient (Wildman–Crippen LogP) is 1.08. The van der Waals surface area contributed by atoms with E-state index >= 15 is 0 Å². The first-order chi connectivity index (χ1) is 8.56. The van der Waals surface area contributed by atoms with E-state index in [4.69, 9.17) is 4.74 Å². The van der Waals surface area contributed by atoms with E-state index in [0.29, 0.717) is 0 Å². The van der Waals surface area contributed by atoms with E-state index in [-0.39, 0.29) is 5.70 Å². The lowest BCUT2D eigenvalue weighted by molar-refractivity contribution is -0.124. The van der Waals surface area contributed by atoms with E-state index in [0.717, 1.165) is 0 Å². The van der Waals surface area contributed by atoms with E-state index in [1.165, 1.54) is 13.0 Å². The lowest BCUT2D eigenvalue weighted by atomic mass is 10.1. The third kappa shape index (κ3) is 7.25. The molecule has 0 saturated carbocycles. The summed E-state index contributed by atoms with van der Waals surface area (Å²) in [6, 6.07) is -1.13. The van der Waals surface area contributed by atoms with Gasteiger partial charge in [-0.15, -0.1) is 0 Å². The van der Waals surface area contributed by atoms with E-state index in [1.807, 2.05) is 0 Å². The largest absolute Gasteiger partial charge is 0.444 e. The molecule has 0 aliphatic carbocycles. The fourth-order valence-electron chi connectivity index (χ4n) is 1.13. The number of alkyl carbamates (subject to hydrolysis) is 1. The third-order valence-corrected chi connectivity index (χ3v) is 1.97. The Bertz CT molecular complexity index is 369. The number of nitrogens with one attached hydrogen (secondary N) is 2. The maximum atomic E-state index is 11.8. The molecule has 0 heterocycles. The molecule has 0 radical (unpaired) electrons. The molecular weight excluding hydrogens is 248 g/mol. The highest BCUT2D eigenvalue weighted by molar-refractivity contribution is 5.87. The summed E-state index contributed by atoms with van der Waals surface area (Å²) in [7, 11) is 0. The van der Waals surface area contributed by atoms with Crippen LogP contribution in [0.1, 0.15) is 27.7 Å². The van der Waals surface area contributed by atoms with Crippen LogP contribution < -0.4 is 10.6 Å². The van der Waals surface area contributed by atoms with Crippen molar-refractivity contribution >= 4 is 12.0 Å². The van der Waals surface area contributed by atoms with Crippen molar-refractivity contribution in [3.05, 3.63) is 24.9 Å². The van der Waals surface area contributed by atoms with Gasteiger partial charge in [0.15, 0.2) is 0 Å². The van der Waals surface area contributed by atoms with Gasteiger partial charge in [0.1, 0.15) is 11.6 Å². The SMILES string of the molecule is C=CC(=C)NC(=O)C(NC(=O)OC(C)(C)C)C(C)O. The topological polar surface area (TPSA) is 87.7 Å². The molecule has 108 valence electrons. The van der Waals surface area contributed by atoms with Crippen molar-refractivity contribution in [3.63, 3.8) is 0 Å². The van der Waals surface area contributed by atoms with Crippen molar-refractivity contribution in [2.45, 2.75) is 45.4 Å². The maximum Gasteiger partial charge on any atom is 0.408 e. The van der Waals surface area contributed by atoms with Gasteiger partial charge in [-0.25, -0.2) is 4.79 Å². The molecule has 0 fully saturated rings. The van der Waals surface area contributed by atoms with Gasteiger partial charge in [0.2, 0.25) is 5.91 Å². The number of amides is 2. The second-order valence-electron chi connectivity index (χ2n) is 5.08. The van der Waals surface area contributed by atoms with Crippen LogP contribution in [0.15, 0.2) is 24.9 Å². The van der Waals surface area contributed by atoms with Crippen LogP contribution >= 0.6 is 0 Å². The molecule has 0 aromatic carbocycles. The second kappa shape index (κ2) is 6.94. The van der Waals surface area contributed by atoms with E-state index in [2.05, 4.69) is 23.8 Å². The van der Waals surface area contributed by atoms with Crippen molar-refractivity contribution in [1.82, 2.24) is 10.6 Å². The number of rotatable bonds is 5. The minimum absolute atomic E-state index is 0.279. The first kappa shape index (κ1) is 17.2.